The molecule has 8 nitrogen and oxygen atoms in total. The van der Waals surface area contributed by atoms with Crippen LogP contribution < -0.4 is 21.3 Å². The summed E-state index contributed by atoms with van der Waals surface area (Å²) in [4.78, 5) is 32.3. The number of hydrogen-bond acceptors (Lipinski definition) is 6. The maximum absolute atomic E-state index is 12.9. The van der Waals surface area contributed by atoms with Crippen molar-refractivity contribution in [3.05, 3.63) is 71.8 Å². The number of rotatable bonds is 10. The predicted molar refractivity (Wildman–Crippen MR) is 127 cm³/mol. The molecule has 0 aliphatic heterocycles. The zero-order chi connectivity index (χ0) is 25.3. The normalized spacial score (nSPS) is 11.0. The van der Waals surface area contributed by atoms with Gasteiger partial charge in [-0.05, 0) is 18.2 Å². The van der Waals surface area contributed by atoms with Crippen LogP contribution in [0.5, 0.6) is 0 Å². The minimum atomic E-state index is -4.52. The van der Waals surface area contributed by atoms with Crippen molar-refractivity contribution in [3.63, 3.8) is 0 Å². The van der Waals surface area contributed by atoms with Gasteiger partial charge in [-0.15, -0.1) is 0 Å². The Kier molecular flexibility index (Phi) is 8.60. The molecule has 0 bridgehead atoms. The lowest BCUT2D eigenvalue weighted by Gasteiger charge is -2.13. The van der Waals surface area contributed by atoms with E-state index >= 15 is 0 Å². The molecule has 0 aliphatic carbocycles. The number of carbonyl (C=O) groups is 2. The summed E-state index contributed by atoms with van der Waals surface area (Å²) in [5, 5.41) is 11.5. The summed E-state index contributed by atoms with van der Waals surface area (Å²) >= 11 is 0. The molecule has 0 unspecified atom stereocenters. The first-order valence-corrected chi connectivity index (χ1v) is 10.8. The van der Waals surface area contributed by atoms with Crippen LogP contribution in [0.15, 0.2) is 60.7 Å². The van der Waals surface area contributed by atoms with Gasteiger partial charge in [0.1, 0.15) is 11.6 Å². The molecule has 11 heteroatoms. The largest absolute Gasteiger partial charge is 0.416 e. The van der Waals surface area contributed by atoms with E-state index in [4.69, 9.17) is 0 Å². The van der Waals surface area contributed by atoms with Gasteiger partial charge in [0.25, 0.3) is 5.91 Å². The number of alkyl halides is 3. The van der Waals surface area contributed by atoms with Crippen molar-refractivity contribution >= 4 is 23.5 Å². The van der Waals surface area contributed by atoms with E-state index < -0.39 is 17.6 Å². The molecule has 0 spiro atoms. The van der Waals surface area contributed by atoms with Crippen LogP contribution in [0.3, 0.4) is 0 Å². The van der Waals surface area contributed by atoms with Gasteiger partial charge in [-0.3, -0.25) is 9.59 Å². The van der Waals surface area contributed by atoms with Gasteiger partial charge in [0.2, 0.25) is 5.91 Å². The maximum atomic E-state index is 12.9. The third-order valence-corrected chi connectivity index (χ3v) is 4.73. The van der Waals surface area contributed by atoms with E-state index in [2.05, 4.69) is 31.2 Å². The molecule has 184 valence electrons. The molecule has 0 saturated carbocycles. The summed E-state index contributed by atoms with van der Waals surface area (Å²) in [5.74, 6) is 0.777. The first-order valence-electron chi connectivity index (χ1n) is 10.8. The number of amides is 2. The summed E-state index contributed by atoms with van der Waals surface area (Å²) in [6, 6.07) is 15.3. The molecule has 2 aromatic carbocycles. The molecular weight excluding hydrogens is 461 g/mol. The molecule has 0 fully saturated rings. The molecule has 0 saturated heterocycles. The highest BCUT2D eigenvalue weighted by Gasteiger charge is 2.30. The van der Waals surface area contributed by atoms with Gasteiger partial charge >= 0.3 is 6.18 Å². The van der Waals surface area contributed by atoms with Gasteiger partial charge in [-0.1, -0.05) is 36.4 Å². The van der Waals surface area contributed by atoms with Gasteiger partial charge in [-0.2, -0.15) is 13.2 Å². The van der Waals surface area contributed by atoms with Gasteiger partial charge in [0.05, 0.1) is 5.56 Å². The predicted octanol–water partition coefficient (Wildman–Crippen LogP) is 3.55. The van der Waals surface area contributed by atoms with Gasteiger partial charge < -0.3 is 21.3 Å². The number of benzene rings is 2. The molecule has 0 radical (unpaired) electrons. The Hall–Kier alpha value is -4.15. The van der Waals surface area contributed by atoms with Gasteiger partial charge in [0, 0.05) is 50.3 Å². The SMILES string of the molecule is CC(=O)NCCNc1cc(NCCNC(=O)c2cccc(C(F)(F)F)c2)nc(-c2ccccc2)n1. The highest BCUT2D eigenvalue weighted by Crippen LogP contribution is 2.29. The van der Waals surface area contributed by atoms with Crippen molar-refractivity contribution in [1.82, 2.24) is 20.6 Å². The number of nitrogens with zero attached hydrogens (tertiary/aromatic N) is 2. The van der Waals surface area contributed by atoms with Crippen LogP contribution in [-0.4, -0.2) is 48.0 Å². The Balaban J connectivity index is 1.61. The second-order valence-corrected chi connectivity index (χ2v) is 7.50. The monoisotopic (exact) mass is 486 g/mol. The lowest BCUT2D eigenvalue weighted by Crippen LogP contribution is -2.29. The van der Waals surface area contributed by atoms with Crippen molar-refractivity contribution in [2.75, 3.05) is 36.8 Å². The van der Waals surface area contributed by atoms with Gasteiger partial charge in [0.15, 0.2) is 5.82 Å². The van der Waals surface area contributed by atoms with Gasteiger partial charge in [-0.25, -0.2) is 9.97 Å². The number of aromatic nitrogens is 2. The molecule has 3 aromatic rings. The molecule has 1 heterocycles. The molecular formula is C24H25F3N6O2. The topological polar surface area (TPSA) is 108 Å². The Morgan fingerprint density at radius 3 is 2.03 bits per heavy atom. The van der Waals surface area contributed by atoms with Crippen LogP contribution in [0, 0.1) is 0 Å². The van der Waals surface area contributed by atoms with E-state index in [-0.39, 0.29) is 24.6 Å². The first kappa shape index (κ1) is 25.5. The lowest BCUT2D eigenvalue weighted by atomic mass is 10.1. The van der Waals surface area contributed by atoms with Crippen molar-refractivity contribution in [2.24, 2.45) is 0 Å². The fourth-order valence-corrected chi connectivity index (χ4v) is 3.08. The maximum Gasteiger partial charge on any atom is 0.416 e. The molecule has 4 N–H and O–H groups in total. The van der Waals surface area contributed by atoms with Crippen LogP contribution in [0.2, 0.25) is 0 Å². The van der Waals surface area contributed by atoms with Crippen LogP contribution in [0.25, 0.3) is 11.4 Å². The van der Waals surface area contributed by atoms with E-state index in [1.54, 1.807) is 6.07 Å². The molecule has 35 heavy (non-hydrogen) atoms. The standard InChI is InChI=1S/C24H25F3N6O2/c1-16(34)28-10-11-29-20-15-21(33-22(32-20)17-6-3-2-4-7-17)30-12-13-31-23(35)18-8-5-9-19(14-18)24(25,26)27/h2-9,14-15H,10-13H2,1H3,(H,28,34)(H,31,35)(H2,29,30,32,33). The molecule has 0 aliphatic rings. The summed E-state index contributed by atoms with van der Waals surface area (Å²) in [5.41, 5.74) is -0.144. The Morgan fingerprint density at radius 2 is 1.43 bits per heavy atom. The summed E-state index contributed by atoms with van der Waals surface area (Å²) in [6.07, 6.45) is -4.52. The van der Waals surface area contributed by atoms with E-state index in [9.17, 15) is 22.8 Å². The van der Waals surface area contributed by atoms with Crippen LogP contribution in [0.1, 0.15) is 22.8 Å². The molecule has 3 rings (SSSR count). The van der Waals surface area contributed by atoms with Crippen molar-refractivity contribution in [3.8, 4) is 11.4 Å². The van der Waals surface area contributed by atoms with Crippen molar-refractivity contribution in [2.45, 2.75) is 13.1 Å². The zero-order valence-electron chi connectivity index (χ0n) is 18.9. The van der Waals surface area contributed by atoms with Crippen LogP contribution >= 0.6 is 0 Å². The van der Waals surface area contributed by atoms with Crippen LogP contribution in [-0.2, 0) is 11.0 Å². The minimum Gasteiger partial charge on any atom is -0.368 e. The summed E-state index contributed by atoms with van der Waals surface area (Å²) in [7, 11) is 0. The fraction of sp³-hybridized carbons (Fsp3) is 0.250. The van der Waals surface area contributed by atoms with E-state index in [1.807, 2.05) is 30.3 Å². The van der Waals surface area contributed by atoms with E-state index in [0.717, 1.165) is 17.7 Å². The van der Waals surface area contributed by atoms with Crippen molar-refractivity contribution < 1.29 is 22.8 Å². The lowest BCUT2D eigenvalue weighted by molar-refractivity contribution is -0.137. The quantitative estimate of drug-likeness (QED) is 0.327. The number of anilines is 2. The van der Waals surface area contributed by atoms with Crippen LogP contribution in [0.4, 0.5) is 24.8 Å². The second-order valence-electron chi connectivity index (χ2n) is 7.50. The highest BCUT2D eigenvalue weighted by molar-refractivity contribution is 5.94. The third-order valence-electron chi connectivity index (χ3n) is 4.73. The number of nitrogens with one attached hydrogen (secondary N) is 4. The highest BCUT2D eigenvalue weighted by atomic mass is 19.4. The third kappa shape index (κ3) is 7.98. The Bertz CT molecular complexity index is 1160. The summed E-state index contributed by atoms with van der Waals surface area (Å²) < 4.78 is 38.6. The number of halogens is 3. The Labute approximate surface area is 200 Å². The number of carbonyl (C=O) groups excluding carboxylic acids is 2. The average Bonchev–Trinajstić information content (AvgIpc) is 2.84. The zero-order valence-corrected chi connectivity index (χ0v) is 18.9. The first-order chi connectivity index (χ1) is 16.7. The fourth-order valence-electron chi connectivity index (χ4n) is 3.08. The van der Waals surface area contributed by atoms with E-state index in [1.165, 1.54) is 19.1 Å². The molecule has 0 atom stereocenters. The smallest absolute Gasteiger partial charge is 0.368 e. The number of hydrogen-bond donors (Lipinski definition) is 4. The Morgan fingerprint density at radius 1 is 0.800 bits per heavy atom. The minimum absolute atomic E-state index is 0.0705. The second kappa shape index (κ2) is 11.8. The average molecular weight is 486 g/mol. The van der Waals surface area contributed by atoms with Crippen molar-refractivity contribution in [1.29, 1.82) is 0 Å². The molecule has 2 amide bonds. The van der Waals surface area contributed by atoms with E-state index in [0.29, 0.717) is 30.5 Å². The summed E-state index contributed by atoms with van der Waals surface area (Å²) in [6.45, 7) is 2.75. The molecule has 1 aromatic heterocycles.